The molecule has 0 spiro atoms. The Morgan fingerprint density at radius 1 is 1.03 bits per heavy atom. The largest absolute Gasteiger partial charge is 0.375 e. The van der Waals surface area contributed by atoms with Crippen molar-refractivity contribution in [1.29, 1.82) is 0 Å². The van der Waals surface area contributed by atoms with Gasteiger partial charge in [-0.25, -0.2) is 5.48 Å². The summed E-state index contributed by atoms with van der Waals surface area (Å²) in [6.07, 6.45) is 6.99. The number of carbonyl (C=O) groups is 2. The van der Waals surface area contributed by atoms with E-state index in [-0.39, 0.29) is 18.1 Å². The van der Waals surface area contributed by atoms with Crippen LogP contribution in [0.25, 0.3) is 5.57 Å². The third kappa shape index (κ3) is 5.83. The van der Waals surface area contributed by atoms with Crippen LogP contribution in [0.3, 0.4) is 0 Å². The Labute approximate surface area is 196 Å². The highest BCUT2D eigenvalue weighted by atomic mass is 16.5. The third-order valence-electron chi connectivity index (χ3n) is 7.60. The van der Waals surface area contributed by atoms with Crippen LogP contribution < -0.4 is 5.48 Å². The number of amides is 2. The molecule has 1 aromatic rings. The average molecular weight is 456 g/mol. The summed E-state index contributed by atoms with van der Waals surface area (Å²) in [5.74, 6) is -1.43. The Hall–Kier alpha value is -2.22. The molecule has 3 atom stereocenters. The first-order chi connectivity index (χ1) is 16.1. The molecule has 1 aromatic carbocycles. The van der Waals surface area contributed by atoms with Gasteiger partial charge in [-0.05, 0) is 56.2 Å². The van der Waals surface area contributed by atoms with Gasteiger partial charge in [0.15, 0.2) is 0 Å². The van der Waals surface area contributed by atoms with Gasteiger partial charge in [-0.2, -0.15) is 0 Å². The molecule has 2 aliphatic heterocycles. The fourth-order valence-corrected chi connectivity index (χ4v) is 5.58. The molecule has 3 aliphatic rings. The van der Waals surface area contributed by atoms with E-state index < -0.39 is 17.7 Å². The Morgan fingerprint density at radius 2 is 1.79 bits per heavy atom. The van der Waals surface area contributed by atoms with Gasteiger partial charge in [0.1, 0.15) is 0 Å². The van der Waals surface area contributed by atoms with Crippen molar-refractivity contribution in [3.8, 4) is 0 Å². The standard InChI is InChI=1S/C26H37N3O4/c1-2-28-14-12-21(13-15-28)33-22-8-9-23(24(18-22)25(30)27-32)26(31)29-16-10-20(11-17-29)19-6-4-3-5-7-19/h3-7,10,21-24,32H,2,8-9,11-18H2,1H3,(H,27,30)/t22-,23-,24+/m1/s1. The van der Waals surface area contributed by atoms with Crippen LogP contribution in [0.15, 0.2) is 36.4 Å². The van der Waals surface area contributed by atoms with Crippen LogP contribution in [-0.2, 0) is 14.3 Å². The highest BCUT2D eigenvalue weighted by Gasteiger charge is 2.42. The van der Waals surface area contributed by atoms with Crippen molar-refractivity contribution in [2.24, 2.45) is 11.8 Å². The van der Waals surface area contributed by atoms with Crippen molar-refractivity contribution in [3.05, 3.63) is 42.0 Å². The van der Waals surface area contributed by atoms with Crippen molar-refractivity contribution in [3.63, 3.8) is 0 Å². The van der Waals surface area contributed by atoms with Crippen LogP contribution in [0.5, 0.6) is 0 Å². The molecule has 7 heteroatoms. The zero-order valence-electron chi connectivity index (χ0n) is 19.6. The van der Waals surface area contributed by atoms with Gasteiger partial charge in [0.2, 0.25) is 11.8 Å². The predicted molar refractivity (Wildman–Crippen MR) is 126 cm³/mol. The zero-order valence-corrected chi connectivity index (χ0v) is 19.6. The van der Waals surface area contributed by atoms with E-state index in [1.165, 1.54) is 11.1 Å². The second-order valence-corrected chi connectivity index (χ2v) is 9.52. The summed E-state index contributed by atoms with van der Waals surface area (Å²) in [4.78, 5) is 30.2. The normalized spacial score (nSPS) is 27.2. The summed E-state index contributed by atoms with van der Waals surface area (Å²) < 4.78 is 6.36. The van der Waals surface area contributed by atoms with Gasteiger partial charge >= 0.3 is 0 Å². The number of nitrogens with one attached hydrogen (secondary N) is 1. The topological polar surface area (TPSA) is 82.1 Å². The molecule has 2 N–H and O–H groups in total. The quantitative estimate of drug-likeness (QED) is 0.509. The van der Waals surface area contributed by atoms with Crippen LogP contribution in [-0.4, -0.2) is 71.8 Å². The molecule has 1 saturated heterocycles. The van der Waals surface area contributed by atoms with E-state index in [2.05, 4.69) is 30.0 Å². The molecule has 0 bridgehead atoms. The Kier molecular flexibility index (Phi) is 8.17. The molecular formula is C26H37N3O4. The summed E-state index contributed by atoms with van der Waals surface area (Å²) in [5, 5.41) is 9.34. The molecule has 1 aliphatic carbocycles. The molecule has 4 rings (SSSR count). The minimum absolute atomic E-state index is 0.0154. The smallest absolute Gasteiger partial charge is 0.247 e. The first-order valence-corrected chi connectivity index (χ1v) is 12.4. The van der Waals surface area contributed by atoms with E-state index in [9.17, 15) is 14.8 Å². The number of ether oxygens (including phenoxy) is 1. The van der Waals surface area contributed by atoms with Crippen molar-refractivity contribution in [2.45, 2.75) is 57.7 Å². The Morgan fingerprint density at radius 3 is 2.42 bits per heavy atom. The number of rotatable bonds is 6. The predicted octanol–water partition coefficient (Wildman–Crippen LogP) is 3.09. The van der Waals surface area contributed by atoms with Gasteiger partial charge in [0.25, 0.3) is 0 Å². The van der Waals surface area contributed by atoms with Crippen LogP contribution in [0.1, 0.15) is 51.0 Å². The molecule has 0 unspecified atom stereocenters. The highest BCUT2D eigenvalue weighted by Crippen LogP contribution is 2.35. The molecule has 0 radical (unpaired) electrons. The lowest BCUT2D eigenvalue weighted by Crippen LogP contribution is -2.49. The summed E-state index contributed by atoms with van der Waals surface area (Å²) in [5.41, 5.74) is 4.26. The van der Waals surface area contributed by atoms with E-state index in [1.807, 2.05) is 23.1 Å². The highest BCUT2D eigenvalue weighted by molar-refractivity contribution is 5.88. The third-order valence-corrected chi connectivity index (χ3v) is 7.60. The zero-order chi connectivity index (χ0) is 23.2. The second kappa shape index (κ2) is 11.3. The number of likely N-dealkylation sites (tertiary alicyclic amines) is 1. The van der Waals surface area contributed by atoms with Gasteiger partial charge in [-0.15, -0.1) is 0 Å². The van der Waals surface area contributed by atoms with E-state index in [0.717, 1.165) is 45.3 Å². The van der Waals surface area contributed by atoms with Crippen LogP contribution in [0.2, 0.25) is 0 Å². The monoisotopic (exact) mass is 455 g/mol. The lowest BCUT2D eigenvalue weighted by atomic mass is 9.76. The van der Waals surface area contributed by atoms with Crippen molar-refractivity contribution in [1.82, 2.24) is 15.3 Å². The molecule has 180 valence electrons. The van der Waals surface area contributed by atoms with Crippen molar-refractivity contribution >= 4 is 17.4 Å². The lowest BCUT2D eigenvalue weighted by Gasteiger charge is -2.39. The number of benzene rings is 1. The number of carbonyl (C=O) groups excluding carboxylic acids is 2. The summed E-state index contributed by atoms with van der Waals surface area (Å²) in [7, 11) is 0. The van der Waals surface area contributed by atoms with E-state index >= 15 is 0 Å². The Balaban J connectivity index is 1.35. The number of piperidine rings is 1. The Bertz CT molecular complexity index is 835. The van der Waals surface area contributed by atoms with Crippen LogP contribution in [0, 0.1) is 11.8 Å². The maximum Gasteiger partial charge on any atom is 0.247 e. The summed E-state index contributed by atoms with van der Waals surface area (Å²) in [6.45, 7) is 6.55. The molecule has 2 fully saturated rings. The molecule has 0 aromatic heterocycles. The lowest BCUT2D eigenvalue weighted by molar-refractivity contribution is -0.151. The number of nitrogens with zero attached hydrogens (tertiary/aromatic N) is 2. The molecule has 7 nitrogen and oxygen atoms in total. The van der Waals surface area contributed by atoms with E-state index in [0.29, 0.717) is 25.9 Å². The first-order valence-electron chi connectivity index (χ1n) is 12.4. The molecule has 1 saturated carbocycles. The van der Waals surface area contributed by atoms with Gasteiger partial charge in [-0.1, -0.05) is 43.3 Å². The maximum absolute atomic E-state index is 13.4. The SMILES string of the molecule is CCN1CCC(O[C@@H]2CC[C@@H](C(=O)N3CC=C(c4ccccc4)CC3)[C@@H](C(=O)NO)C2)CC1. The minimum Gasteiger partial charge on any atom is -0.375 e. The van der Waals surface area contributed by atoms with Gasteiger partial charge in [-0.3, -0.25) is 14.8 Å². The van der Waals surface area contributed by atoms with Gasteiger partial charge in [0, 0.05) is 32.1 Å². The van der Waals surface area contributed by atoms with Crippen LogP contribution in [0.4, 0.5) is 0 Å². The summed E-state index contributed by atoms with van der Waals surface area (Å²) in [6, 6.07) is 10.2. The molecule has 2 heterocycles. The fraction of sp³-hybridized carbons (Fsp3) is 0.615. The van der Waals surface area contributed by atoms with E-state index in [4.69, 9.17) is 4.74 Å². The molecule has 2 amide bonds. The number of hydrogen-bond donors (Lipinski definition) is 2. The maximum atomic E-state index is 13.4. The minimum atomic E-state index is -0.559. The second-order valence-electron chi connectivity index (χ2n) is 9.52. The van der Waals surface area contributed by atoms with Crippen molar-refractivity contribution in [2.75, 3.05) is 32.7 Å². The molecular weight excluding hydrogens is 418 g/mol. The number of hydrogen-bond acceptors (Lipinski definition) is 5. The van der Waals surface area contributed by atoms with Gasteiger partial charge < -0.3 is 14.5 Å². The van der Waals surface area contributed by atoms with Crippen LogP contribution >= 0.6 is 0 Å². The first kappa shape index (κ1) is 23.9. The summed E-state index contributed by atoms with van der Waals surface area (Å²) >= 11 is 0. The fourth-order valence-electron chi connectivity index (χ4n) is 5.58. The van der Waals surface area contributed by atoms with Gasteiger partial charge in [0.05, 0.1) is 18.1 Å². The van der Waals surface area contributed by atoms with E-state index in [1.54, 1.807) is 5.48 Å². The number of hydroxylamine groups is 1. The average Bonchev–Trinajstić information content (AvgIpc) is 2.89. The molecule has 33 heavy (non-hydrogen) atoms. The van der Waals surface area contributed by atoms with Crippen molar-refractivity contribution < 1.29 is 19.5 Å².